The lowest BCUT2D eigenvalue weighted by molar-refractivity contribution is -0.126. The number of carbonyl (C=O) groups is 2. The average Bonchev–Trinajstić information content (AvgIpc) is 3.34. The van der Waals surface area contributed by atoms with Gasteiger partial charge in [0.2, 0.25) is 5.91 Å². The van der Waals surface area contributed by atoms with Gasteiger partial charge in [0, 0.05) is 37.1 Å². The van der Waals surface area contributed by atoms with E-state index in [0.717, 1.165) is 31.2 Å². The van der Waals surface area contributed by atoms with Crippen LogP contribution in [0, 0.1) is 5.92 Å². The van der Waals surface area contributed by atoms with Crippen LogP contribution in [0.25, 0.3) is 11.3 Å². The first kappa shape index (κ1) is 15.8. The van der Waals surface area contributed by atoms with Gasteiger partial charge in [-0.2, -0.15) is 5.10 Å². The van der Waals surface area contributed by atoms with E-state index in [1.807, 2.05) is 12.1 Å². The molecule has 1 aliphatic carbocycles. The van der Waals surface area contributed by atoms with Gasteiger partial charge in [0.05, 0.1) is 11.6 Å². The number of aromatic nitrogens is 3. The highest BCUT2D eigenvalue weighted by Gasteiger charge is 2.32. The van der Waals surface area contributed by atoms with E-state index in [-0.39, 0.29) is 17.7 Å². The molecule has 2 N–H and O–H groups in total. The van der Waals surface area contributed by atoms with Crippen molar-refractivity contribution >= 4 is 11.8 Å². The molecular weight excluding hydrogens is 318 g/mol. The number of likely N-dealkylation sites (tertiary alicyclic amines) is 1. The minimum atomic E-state index is -0.110. The van der Waals surface area contributed by atoms with Crippen molar-refractivity contribution in [3.8, 4) is 11.3 Å². The molecule has 130 valence electrons. The molecule has 1 atom stereocenters. The summed E-state index contributed by atoms with van der Waals surface area (Å²) in [5.41, 5.74) is 2.08. The molecule has 2 aromatic rings. The van der Waals surface area contributed by atoms with Crippen molar-refractivity contribution in [3.05, 3.63) is 36.3 Å². The number of nitrogens with zero attached hydrogens (tertiary/aromatic N) is 3. The average molecular weight is 339 g/mol. The quantitative estimate of drug-likeness (QED) is 0.885. The molecule has 4 rings (SSSR count). The van der Waals surface area contributed by atoms with Crippen molar-refractivity contribution in [2.45, 2.75) is 31.7 Å². The Kier molecular flexibility index (Phi) is 4.21. The van der Waals surface area contributed by atoms with E-state index in [4.69, 9.17) is 0 Å². The lowest BCUT2D eigenvalue weighted by atomic mass is 9.96. The molecule has 2 fully saturated rings. The highest BCUT2D eigenvalue weighted by Crippen LogP contribution is 2.23. The molecule has 1 saturated heterocycles. The minimum Gasteiger partial charge on any atom is -0.353 e. The number of hydrogen-bond donors (Lipinski definition) is 2. The Labute approximate surface area is 145 Å². The van der Waals surface area contributed by atoms with E-state index < -0.39 is 0 Å². The molecule has 2 amide bonds. The molecule has 1 aliphatic heterocycles. The van der Waals surface area contributed by atoms with Crippen molar-refractivity contribution in [1.82, 2.24) is 25.4 Å². The van der Waals surface area contributed by atoms with E-state index in [2.05, 4.69) is 20.5 Å². The summed E-state index contributed by atoms with van der Waals surface area (Å²) in [6.07, 6.45) is 7.23. The van der Waals surface area contributed by atoms with Crippen molar-refractivity contribution in [2.24, 2.45) is 5.92 Å². The number of carbonyl (C=O) groups excluding carboxylic acids is 2. The van der Waals surface area contributed by atoms with Gasteiger partial charge in [0.25, 0.3) is 5.91 Å². The summed E-state index contributed by atoms with van der Waals surface area (Å²) < 4.78 is 0. The Balaban J connectivity index is 1.43. The zero-order chi connectivity index (χ0) is 17.2. The number of amides is 2. The van der Waals surface area contributed by atoms with Crippen molar-refractivity contribution in [1.29, 1.82) is 0 Å². The van der Waals surface area contributed by atoms with Gasteiger partial charge in [-0.25, -0.2) is 0 Å². The number of aromatic amines is 1. The third kappa shape index (κ3) is 3.55. The molecule has 0 spiro atoms. The summed E-state index contributed by atoms with van der Waals surface area (Å²) in [5, 5.41) is 10.1. The summed E-state index contributed by atoms with van der Waals surface area (Å²) >= 11 is 0. The predicted molar refractivity (Wildman–Crippen MR) is 91.6 cm³/mol. The SMILES string of the molecule is O=C(NC1CC1)[C@@H]1CCCN(C(=O)c2cc(-c3ccncc3)n[nH]2)C1. The third-order valence-electron chi connectivity index (χ3n) is 4.79. The predicted octanol–water partition coefficient (Wildman–Crippen LogP) is 1.60. The molecule has 25 heavy (non-hydrogen) atoms. The second kappa shape index (κ2) is 6.66. The summed E-state index contributed by atoms with van der Waals surface area (Å²) in [7, 11) is 0. The Morgan fingerprint density at radius 3 is 2.76 bits per heavy atom. The monoisotopic (exact) mass is 339 g/mol. The van der Waals surface area contributed by atoms with Gasteiger partial charge >= 0.3 is 0 Å². The second-order valence-electron chi connectivity index (χ2n) is 6.78. The molecule has 2 aliphatic rings. The van der Waals surface area contributed by atoms with Gasteiger partial charge < -0.3 is 10.2 Å². The van der Waals surface area contributed by atoms with E-state index >= 15 is 0 Å². The molecule has 0 unspecified atom stereocenters. The molecule has 0 aromatic carbocycles. The Morgan fingerprint density at radius 1 is 1.20 bits per heavy atom. The minimum absolute atomic E-state index is 0.0853. The van der Waals surface area contributed by atoms with Gasteiger partial charge in [-0.1, -0.05) is 0 Å². The number of H-pyrrole nitrogens is 1. The molecule has 1 saturated carbocycles. The first-order valence-electron chi connectivity index (χ1n) is 8.76. The van der Waals surface area contributed by atoms with Crippen molar-refractivity contribution in [3.63, 3.8) is 0 Å². The summed E-state index contributed by atoms with van der Waals surface area (Å²) in [4.78, 5) is 30.8. The molecule has 0 bridgehead atoms. The van der Waals surface area contributed by atoms with E-state index in [9.17, 15) is 9.59 Å². The van der Waals surface area contributed by atoms with Gasteiger partial charge in [0.1, 0.15) is 5.69 Å². The first-order valence-corrected chi connectivity index (χ1v) is 8.76. The van der Waals surface area contributed by atoms with E-state index in [1.165, 1.54) is 0 Å². The fourth-order valence-electron chi connectivity index (χ4n) is 3.19. The lowest BCUT2D eigenvalue weighted by Gasteiger charge is -2.31. The molecule has 0 radical (unpaired) electrons. The summed E-state index contributed by atoms with van der Waals surface area (Å²) in [6.45, 7) is 1.15. The van der Waals surface area contributed by atoms with Crippen LogP contribution >= 0.6 is 0 Å². The van der Waals surface area contributed by atoms with Crippen molar-refractivity contribution in [2.75, 3.05) is 13.1 Å². The third-order valence-corrected chi connectivity index (χ3v) is 4.79. The summed E-state index contributed by atoms with van der Waals surface area (Å²) in [6, 6.07) is 5.81. The van der Waals surface area contributed by atoms with Crippen molar-refractivity contribution < 1.29 is 9.59 Å². The van der Waals surface area contributed by atoms with E-state index in [1.54, 1.807) is 23.4 Å². The molecule has 7 nitrogen and oxygen atoms in total. The summed E-state index contributed by atoms with van der Waals surface area (Å²) in [5.74, 6) is -0.125. The standard InChI is InChI=1S/C18H21N5O2/c24-17(20-14-3-4-14)13-2-1-9-23(11-13)18(25)16-10-15(21-22-16)12-5-7-19-8-6-12/h5-8,10,13-14H,1-4,9,11H2,(H,20,24)(H,21,22)/t13-/m1/s1. The van der Waals surface area contributed by atoms with Gasteiger partial charge in [-0.05, 0) is 43.9 Å². The normalized spacial score (nSPS) is 20.3. The van der Waals surface area contributed by atoms with Crippen LogP contribution in [0.1, 0.15) is 36.2 Å². The van der Waals surface area contributed by atoms with Crippen LogP contribution in [-0.4, -0.2) is 51.0 Å². The van der Waals surface area contributed by atoms with Crippen LogP contribution < -0.4 is 5.32 Å². The number of nitrogens with one attached hydrogen (secondary N) is 2. The van der Waals surface area contributed by atoms with Crippen LogP contribution in [0.4, 0.5) is 0 Å². The second-order valence-corrected chi connectivity index (χ2v) is 6.78. The fourth-order valence-corrected chi connectivity index (χ4v) is 3.19. The van der Waals surface area contributed by atoms with Crippen LogP contribution in [-0.2, 0) is 4.79 Å². The number of rotatable bonds is 4. The maximum Gasteiger partial charge on any atom is 0.271 e. The first-order chi connectivity index (χ1) is 12.2. The maximum absolute atomic E-state index is 12.8. The van der Waals surface area contributed by atoms with Crippen LogP contribution in [0.2, 0.25) is 0 Å². The Morgan fingerprint density at radius 2 is 2.00 bits per heavy atom. The zero-order valence-electron chi connectivity index (χ0n) is 13.9. The largest absolute Gasteiger partial charge is 0.353 e. The van der Waals surface area contributed by atoms with Crippen LogP contribution in [0.5, 0.6) is 0 Å². The highest BCUT2D eigenvalue weighted by atomic mass is 16.2. The Hall–Kier alpha value is -2.70. The number of piperidine rings is 1. The van der Waals surface area contributed by atoms with E-state index in [0.29, 0.717) is 30.5 Å². The molecule has 7 heteroatoms. The molecule has 3 heterocycles. The molecular formula is C18H21N5O2. The molecule has 2 aromatic heterocycles. The topological polar surface area (TPSA) is 91.0 Å². The van der Waals surface area contributed by atoms with Gasteiger partial charge in [0.15, 0.2) is 0 Å². The Bertz CT molecular complexity index is 769. The smallest absolute Gasteiger partial charge is 0.271 e. The maximum atomic E-state index is 12.8. The zero-order valence-corrected chi connectivity index (χ0v) is 13.9. The number of hydrogen-bond acceptors (Lipinski definition) is 4. The lowest BCUT2D eigenvalue weighted by Crippen LogP contribution is -2.46. The number of pyridine rings is 1. The van der Waals surface area contributed by atoms with Gasteiger partial charge in [-0.3, -0.25) is 19.7 Å². The van der Waals surface area contributed by atoms with Gasteiger partial charge in [-0.15, -0.1) is 0 Å². The fraction of sp³-hybridized carbons (Fsp3) is 0.444. The van der Waals surface area contributed by atoms with Crippen LogP contribution in [0.15, 0.2) is 30.6 Å². The highest BCUT2D eigenvalue weighted by molar-refractivity contribution is 5.94. The van der Waals surface area contributed by atoms with Crippen LogP contribution in [0.3, 0.4) is 0 Å².